The van der Waals surface area contributed by atoms with Crippen LogP contribution in [0.4, 0.5) is 24.8 Å². The molecule has 2 aliphatic carbocycles. The van der Waals surface area contributed by atoms with Crippen LogP contribution in [0.25, 0.3) is 22.3 Å². The third kappa shape index (κ3) is 11.2. The Kier molecular flexibility index (Phi) is 16.3. The number of anilines is 2. The van der Waals surface area contributed by atoms with Gasteiger partial charge < -0.3 is 38.7 Å². The Bertz CT molecular complexity index is 3990. The van der Waals surface area contributed by atoms with Gasteiger partial charge in [-0.25, -0.2) is 29.9 Å². The Morgan fingerprint density at radius 1 is 0.618 bits per heavy atom. The molecule has 3 saturated heterocycles. The number of imidazole rings is 2. The highest BCUT2D eigenvalue weighted by Gasteiger charge is 2.78. The number of hydrogen-bond donors (Lipinski definition) is 2. The van der Waals surface area contributed by atoms with E-state index in [0.717, 1.165) is 31.2 Å². The summed E-state index contributed by atoms with van der Waals surface area (Å²) in [6.45, 7) is 14.7. The van der Waals surface area contributed by atoms with Gasteiger partial charge in [0.2, 0.25) is 0 Å². The number of carbonyl (C=O) groups is 2. The molecule has 13 rings (SSSR count). The zero-order valence-corrected chi connectivity index (χ0v) is 51.9. The highest BCUT2D eigenvalue weighted by atomic mass is 32.2. The normalized spacial score (nSPS) is 25.0. The number of aromatic nitrogens is 8. The predicted molar refractivity (Wildman–Crippen MR) is 323 cm³/mol. The van der Waals surface area contributed by atoms with Gasteiger partial charge in [0.15, 0.2) is 60.8 Å². The maximum atomic E-state index is 14.1. The molecule has 1 spiro atoms. The predicted octanol–water partition coefficient (Wildman–Crippen LogP) is 11.4. The van der Waals surface area contributed by atoms with Crippen LogP contribution >= 0.6 is 0 Å². The Morgan fingerprint density at radius 3 is 1.51 bits per heavy atom. The van der Waals surface area contributed by atoms with E-state index in [9.17, 15) is 31.2 Å². The highest BCUT2D eigenvalue weighted by molar-refractivity contribution is 7.87. The summed E-state index contributed by atoms with van der Waals surface area (Å²) in [4.78, 5) is 52.0. The standard InChI is InChI=1S/C35H42F3N5O7SSi.C28H27N5O4/c1-7-34(33(18-19-33)50-52(5,6)32(2,3)4)27(47-20-23-14-10-8-11-15-23)26(49-51(45,46)35(36,37)38)31(48-34)43-22-41-25-28(39-21-40-29(25)43)42-30(44)24-16-12-9-13-17-24;1-2-28-22(35-15-18-9-5-3-6-10-18)21(36-27(28)13-14-27)26(37-28)33-17-31-20-23(29-16-30-24(20)33)32-25(34)19-11-7-4-8-12-19/h8-17,21-22,26-27,31H,7,18-20H2,1-6H3,(H,39,40,42,44);3-12,16-17,21-22,26H,2,13-15H2,1H3,(H,29,30,32,34)/t26?,27?,31-,34-;21-,22?,26+,28+/m10/s1. The van der Waals surface area contributed by atoms with Crippen LogP contribution < -0.4 is 10.6 Å². The summed E-state index contributed by atoms with van der Waals surface area (Å²) in [6.07, 6.45) is 3.57. The van der Waals surface area contributed by atoms with Crippen molar-refractivity contribution in [3.63, 3.8) is 0 Å². The Hall–Kier alpha value is -7.40. The van der Waals surface area contributed by atoms with E-state index < -0.39 is 71.3 Å². The number of alkyl halides is 3. The third-order valence-corrected chi connectivity index (χ3v) is 23.8. The van der Waals surface area contributed by atoms with Gasteiger partial charge in [-0.2, -0.15) is 21.6 Å². The Balaban J connectivity index is 0.000000182. The van der Waals surface area contributed by atoms with Crippen LogP contribution in [0.2, 0.25) is 18.1 Å². The van der Waals surface area contributed by atoms with Gasteiger partial charge in [-0.1, -0.05) is 132 Å². The van der Waals surface area contributed by atoms with E-state index in [1.807, 2.05) is 47.0 Å². The molecule has 2 N–H and O–H groups in total. The van der Waals surface area contributed by atoms with Gasteiger partial charge in [-0.05, 0) is 92.0 Å². The number of nitrogens with zero attached hydrogens (tertiary/aromatic N) is 8. The fourth-order valence-corrected chi connectivity index (χ4v) is 14.7. The first kappa shape index (κ1) is 61.8. The molecule has 0 radical (unpaired) electrons. The molecule has 8 aromatic rings. The van der Waals surface area contributed by atoms with Gasteiger partial charge in [0.05, 0.1) is 31.5 Å². The van der Waals surface area contributed by atoms with Crippen molar-refractivity contribution in [2.24, 2.45) is 0 Å². The zero-order chi connectivity index (χ0) is 62.8. The van der Waals surface area contributed by atoms with E-state index in [4.69, 9.17) is 32.3 Å². The summed E-state index contributed by atoms with van der Waals surface area (Å²) in [6, 6.07) is 36.5. The van der Waals surface area contributed by atoms with Crippen molar-refractivity contribution in [2.75, 3.05) is 10.6 Å². The van der Waals surface area contributed by atoms with Gasteiger partial charge in [0, 0.05) is 11.1 Å². The van der Waals surface area contributed by atoms with Gasteiger partial charge in [-0.3, -0.25) is 22.9 Å². The maximum Gasteiger partial charge on any atom is 0.523 e. The lowest BCUT2D eigenvalue weighted by atomic mass is 9.84. The number of halogens is 3. The Morgan fingerprint density at radius 2 is 1.07 bits per heavy atom. The Labute approximate surface area is 513 Å². The first-order valence-corrected chi connectivity index (χ1v) is 33.9. The number of nitrogens with one attached hydrogen (secondary N) is 2. The minimum absolute atomic E-state index is 0.0227. The topological polar surface area (TPSA) is 244 Å². The number of ether oxygens (including phenoxy) is 5. The van der Waals surface area contributed by atoms with E-state index in [1.54, 1.807) is 80.0 Å². The molecule has 5 fully saturated rings. The van der Waals surface area contributed by atoms with Crippen LogP contribution in [0, 0.1) is 0 Å². The molecule has 3 unspecified atom stereocenters. The van der Waals surface area contributed by atoms with Crippen LogP contribution in [-0.4, -0.2) is 120 Å². The maximum absolute atomic E-state index is 14.1. The number of amides is 2. The molecule has 26 heteroatoms. The molecule has 7 heterocycles. The van der Waals surface area contributed by atoms with Gasteiger partial charge in [-0.15, -0.1) is 0 Å². The highest BCUT2D eigenvalue weighted by Crippen LogP contribution is 2.67. The van der Waals surface area contributed by atoms with E-state index in [-0.39, 0.29) is 58.8 Å². The second kappa shape index (κ2) is 23.4. The van der Waals surface area contributed by atoms with Crippen LogP contribution in [-0.2, 0) is 55.6 Å². The molecular weight excluding hydrogens is 1190 g/mol. The minimum atomic E-state index is -6.19. The molecular formula is C63H69F3N10O11SSi. The second-order valence-electron chi connectivity index (χ2n) is 24.6. The molecule has 2 bridgehead atoms. The van der Waals surface area contributed by atoms with Crippen molar-refractivity contribution in [1.82, 2.24) is 39.0 Å². The number of rotatable bonds is 19. The smallest absolute Gasteiger partial charge is 0.408 e. The number of carbonyl (C=O) groups excluding carboxylic acids is 2. The number of benzene rings is 4. The van der Waals surface area contributed by atoms with E-state index in [0.29, 0.717) is 53.1 Å². The monoisotopic (exact) mass is 1260 g/mol. The molecule has 468 valence electrons. The number of fused-ring (bicyclic) bond motifs is 5. The van der Waals surface area contributed by atoms with Crippen molar-refractivity contribution in [1.29, 1.82) is 0 Å². The van der Waals surface area contributed by atoms with Crippen LogP contribution in [0.3, 0.4) is 0 Å². The summed E-state index contributed by atoms with van der Waals surface area (Å²) in [5.74, 6) is -0.371. The summed E-state index contributed by atoms with van der Waals surface area (Å²) in [5, 5.41) is 5.32. The lowest BCUT2D eigenvalue weighted by Crippen LogP contribution is -2.60. The lowest BCUT2D eigenvalue weighted by Gasteiger charge is -2.47. The summed E-state index contributed by atoms with van der Waals surface area (Å²) < 4.78 is 117. The molecule has 89 heavy (non-hydrogen) atoms. The SMILES string of the molecule is CC[C@@]1(C2(O[Si](C)(C)C(C)(C)C)CC2)O[C@@H](n2cnc3c(NC(=O)c4ccccc4)ncnc32)C(OS(=O)(=O)C(F)(F)F)C1OCc1ccccc1.CC[C@]12O[C@@H](n3cnc4c(NC(=O)c5ccccc5)ncnc43)[C@@H](OC13CC3)C2OCc1ccccc1. The molecule has 4 aromatic carbocycles. The van der Waals surface area contributed by atoms with Gasteiger partial charge in [0.1, 0.15) is 47.8 Å². The fraction of sp³-hybridized carbons (Fsp3) is 0.429. The van der Waals surface area contributed by atoms with Crippen LogP contribution in [0.5, 0.6) is 0 Å². The quantitative estimate of drug-likeness (QED) is 0.0434. The molecule has 2 saturated carbocycles. The van der Waals surface area contributed by atoms with Crippen LogP contribution in [0.1, 0.15) is 117 Å². The fourth-order valence-electron chi connectivity index (χ4n) is 12.5. The molecule has 2 amide bonds. The van der Waals surface area contributed by atoms with Crippen molar-refractivity contribution >= 4 is 64.2 Å². The zero-order valence-electron chi connectivity index (χ0n) is 50.1. The van der Waals surface area contributed by atoms with Crippen molar-refractivity contribution < 1.29 is 63.5 Å². The molecule has 21 nitrogen and oxygen atoms in total. The summed E-state index contributed by atoms with van der Waals surface area (Å²) in [7, 11) is -8.75. The average molecular weight is 1260 g/mol. The van der Waals surface area contributed by atoms with Crippen molar-refractivity contribution in [3.05, 3.63) is 169 Å². The summed E-state index contributed by atoms with van der Waals surface area (Å²) in [5.41, 5.74) is -5.21. The van der Waals surface area contributed by atoms with E-state index in [1.165, 1.54) is 17.2 Å². The lowest BCUT2D eigenvalue weighted by molar-refractivity contribution is -0.224. The van der Waals surface area contributed by atoms with Crippen molar-refractivity contribution in [3.8, 4) is 0 Å². The van der Waals surface area contributed by atoms with E-state index in [2.05, 4.69) is 93.5 Å². The first-order chi connectivity index (χ1) is 42.5. The third-order valence-electron chi connectivity index (χ3n) is 18.2. The second-order valence-corrected chi connectivity index (χ2v) is 30.9. The average Bonchev–Trinajstić information content (AvgIpc) is 1.51. The first-order valence-electron chi connectivity index (χ1n) is 29.6. The van der Waals surface area contributed by atoms with Crippen molar-refractivity contribution in [2.45, 2.75) is 169 Å². The van der Waals surface area contributed by atoms with E-state index >= 15 is 0 Å². The van der Waals surface area contributed by atoms with Gasteiger partial charge >= 0.3 is 15.6 Å². The summed E-state index contributed by atoms with van der Waals surface area (Å²) >= 11 is 0. The molecule has 5 aliphatic rings. The molecule has 8 atom stereocenters. The van der Waals surface area contributed by atoms with Gasteiger partial charge in [0.25, 0.3) is 11.8 Å². The largest absolute Gasteiger partial charge is 0.523 e. The molecule has 4 aromatic heterocycles. The van der Waals surface area contributed by atoms with Crippen LogP contribution in [0.15, 0.2) is 147 Å². The number of hydrogen-bond acceptors (Lipinski definition) is 17. The minimum Gasteiger partial charge on any atom is -0.408 e. The molecule has 3 aliphatic heterocycles.